The Balaban J connectivity index is 3.45. The second-order valence-corrected chi connectivity index (χ2v) is 6.25. The average molecular weight is 436 g/mol. The third-order valence-electron chi connectivity index (χ3n) is 1.51. The van der Waals surface area contributed by atoms with Crippen LogP contribution in [-0.4, -0.2) is 25.7 Å². The number of carboxylic acids is 2. The van der Waals surface area contributed by atoms with Crippen molar-refractivity contribution >= 4 is 58.8 Å². The van der Waals surface area contributed by atoms with Crippen LogP contribution in [0.25, 0.3) is 0 Å². The van der Waals surface area contributed by atoms with Crippen molar-refractivity contribution in [3.8, 4) is 0 Å². The predicted octanol–water partition coefficient (Wildman–Crippen LogP) is 0.0879. The first-order valence-electron chi connectivity index (χ1n) is 3.50. The zero-order valence-corrected chi connectivity index (χ0v) is 11.4. The number of hydrogen-bond donors (Lipinski definition) is 4. The Hall–Kier alpha value is -0.650. The third kappa shape index (κ3) is 2.30. The lowest BCUT2D eigenvalue weighted by atomic mass is 10.2. The lowest BCUT2D eigenvalue weighted by Crippen LogP contribution is -2.25. The molecule has 0 aromatic rings. The van der Waals surface area contributed by atoms with Crippen molar-refractivity contribution in [2.24, 2.45) is 11.5 Å². The van der Waals surface area contributed by atoms with Gasteiger partial charge in [-0.2, -0.15) is 0 Å². The molecule has 8 heteroatoms. The fourth-order valence-electron chi connectivity index (χ4n) is 0.845. The maximum atomic E-state index is 10.8. The topological polar surface area (TPSA) is 127 Å². The second-order valence-electron chi connectivity index (χ2n) is 2.47. The van der Waals surface area contributed by atoms with Crippen molar-refractivity contribution in [3.63, 3.8) is 0 Å². The molecule has 0 amide bonds. The number of halogens is 2. The fraction of sp³-hybridized carbons (Fsp3) is 0. The lowest BCUT2D eigenvalue weighted by molar-refractivity contribution is -0.131. The van der Waals surface area contributed by atoms with Crippen LogP contribution in [-0.2, 0) is 9.59 Å². The summed E-state index contributed by atoms with van der Waals surface area (Å²) in [4.78, 5) is 21.6. The summed E-state index contributed by atoms with van der Waals surface area (Å²) in [7, 11) is 0. The Morgan fingerprint density at radius 3 is 2.07 bits per heavy atom. The maximum absolute atomic E-state index is 10.8. The van der Waals surface area contributed by atoms with Gasteiger partial charge < -0.3 is 21.7 Å². The highest BCUT2D eigenvalue weighted by Gasteiger charge is 2.26. The van der Waals surface area contributed by atoms with E-state index < -0.39 is 32.7 Å². The highest BCUT2D eigenvalue weighted by molar-refractivity contribution is 14.2. The van der Waals surface area contributed by atoms with E-state index in [1.807, 2.05) is 0 Å². The van der Waals surface area contributed by atoms with E-state index in [1.165, 1.54) is 0 Å². The number of aliphatic carboxylic acids is 2. The van der Waals surface area contributed by atoms with Crippen LogP contribution in [0, 0.1) is 0 Å². The van der Waals surface area contributed by atoms with Gasteiger partial charge in [0.2, 0.25) is 0 Å². The van der Waals surface area contributed by atoms with E-state index in [0.29, 0.717) is 3.58 Å². The molecule has 0 aromatic heterocycles. The minimum Gasteiger partial charge on any atom is -0.477 e. The van der Waals surface area contributed by atoms with Crippen molar-refractivity contribution in [1.29, 1.82) is 0 Å². The van der Waals surface area contributed by atoms with Gasteiger partial charge in [0.05, 0.1) is 15.0 Å². The van der Waals surface area contributed by atoms with Crippen LogP contribution in [0.5, 0.6) is 0 Å². The Labute approximate surface area is 108 Å². The summed E-state index contributed by atoms with van der Waals surface area (Å²) in [5.74, 6) is -2.36. The lowest BCUT2D eigenvalue weighted by Gasteiger charge is -2.13. The molecule has 1 aliphatic heterocycles. The molecule has 6 nitrogen and oxygen atoms in total. The number of rotatable bonds is 2. The van der Waals surface area contributed by atoms with Crippen molar-refractivity contribution in [2.75, 3.05) is 0 Å². The predicted molar refractivity (Wildman–Crippen MR) is 70.7 cm³/mol. The van der Waals surface area contributed by atoms with Gasteiger partial charge in [0, 0.05) is 0 Å². The largest absolute Gasteiger partial charge is 0.477 e. The molecule has 82 valence electrons. The van der Waals surface area contributed by atoms with E-state index in [0.717, 1.165) is 0 Å². The molecule has 0 saturated heterocycles. The second kappa shape index (κ2) is 4.47. The Morgan fingerprint density at radius 2 is 1.67 bits per heavy atom. The molecule has 1 rings (SSSR count). The van der Waals surface area contributed by atoms with Crippen LogP contribution in [0.2, 0.25) is 0 Å². The van der Waals surface area contributed by atoms with Gasteiger partial charge in [-0.1, -0.05) is 20.7 Å². The maximum Gasteiger partial charge on any atom is 0.343 e. The van der Waals surface area contributed by atoms with Crippen LogP contribution in [0.4, 0.5) is 0 Å². The summed E-state index contributed by atoms with van der Waals surface area (Å²) in [5.41, 5.74) is 11.3. The van der Waals surface area contributed by atoms with E-state index in [1.54, 1.807) is 22.6 Å². The summed E-state index contributed by atoms with van der Waals surface area (Å²) in [6.07, 6.45) is 0. The van der Waals surface area contributed by atoms with Crippen LogP contribution < -0.4 is 11.5 Å². The van der Waals surface area contributed by atoms with Crippen LogP contribution in [0.3, 0.4) is 0 Å². The van der Waals surface area contributed by atoms with Gasteiger partial charge in [-0.3, -0.25) is 0 Å². The summed E-state index contributed by atoms with van der Waals surface area (Å²) in [6.45, 7) is 0. The van der Waals surface area contributed by atoms with Gasteiger partial charge in [0.25, 0.3) is 0 Å². The molecule has 0 radical (unpaired) electrons. The number of carbonyl (C=O) groups is 2. The molecule has 0 saturated carbocycles. The molecule has 0 unspecified atom stereocenters. The Morgan fingerprint density at radius 1 is 1.13 bits per heavy atom. The van der Waals surface area contributed by atoms with Crippen molar-refractivity contribution in [1.82, 2.24) is 0 Å². The number of hydrogen-bond acceptors (Lipinski definition) is 4. The SMILES string of the molecule is NC1=C(I)C(N)=C(C(=O)O)I=C1C(=O)O. The first-order chi connectivity index (χ1) is 6.86. The molecule has 0 spiro atoms. The standard InChI is InChI=1S/C7H6I2N2O4/c8-1-4(10)2(6(12)13)9-3(5(1)11)7(14)15/h10-11H2,(H,12,13)(H,14,15). The molecule has 0 bridgehead atoms. The van der Waals surface area contributed by atoms with Crippen LogP contribution >= 0.6 is 43.3 Å². The quantitative estimate of drug-likeness (QED) is 0.455. The summed E-state index contributed by atoms with van der Waals surface area (Å²) < 4.78 is 0.253. The minimum absolute atomic E-state index is 0.0233. The third-order valence-corrected chi connectivity index (χ3v) is 5.84. The highest BCUT2D eigenvalue weighted by Crippen LogP contribution is 2.33. The number of allylic oxidation sites excluding steroid dienone is 1. The molecule has 0 fully saturated rings. The van der Waals surface area contributed by atoms with Crippen molar-refractivity contribution < 1.29 is 19.8 Å². The van der Waals surface area contributed by atoms with E-state index in [2.05, 4.69) is 0 Å². The molecule has 0 aliphatic carbocycles. The summed E-state index contributed by atoms with van der Waals surface area (Å²) >= 11 is 0.427. The minimum atomic E-state index is -1.32. The van der Waals surface area contributed by atoms with E-state index in [-0.39, 0.29) is 18.5 Å². The van der Waals surface area contributed by atoms with Gasteiger partial charge in [0.1, 0.15) is 7.09 Å². The summed E-state index contributed by atoms with van der Waals surface area (Å²) in [6, 6.07) is 0. The molecule has 6 N–H and O–H groups in total. The average Bonchev–Trinajstić information content (AvgIpc) is 2.13. The van der Waals surface area contributed by atoms with Gasteiger partial charge in [-0.25, -0.2) is 9.59 Å². The molecular formula is C7H6I2N2O4. The fourth-order valence-corrected chi connectivity index (χ4v) is 4.54. The molecular weight excluding hydrogens is 430 g/mol. The highest BCUT2D eigenvalue weighted by atomic mass is 127. The van der Waals surface area contributed by atoms with Gasteiger partial charge in [-0.05, 0) is 22.6 Å². The van der Waals surface area contributed by atoms with Crippen molar-refractivity contribution in [2.45, 2.75) is 0 Å². The number of nitrogens with two attached hydrogens (primary N) is 2. The van der Waals surface area contributed by atoms with Gasteiger partial charge >= 0.3 is 11.9 Å². The smallest absolute Gasteiger partial charge is 0.343 e. The molecule has 0 atom stereocenters. The van der Waals surface area contributed by atoms with E-state index >= 15 is 0 Å². The molecule has 1 heterocycles. The van der Waals surface area contributed by atoms with Gasteiger partial charge in [-0.15, -0.1) is 0 Å². The Kier molecular flexibility index (Phi) is 3.70. The van der Waals surface area contributed by atoms with Crippen LogP contribution in [0.1, 0.15) is 0 Å². The first kappa shape index (κ1) is 12.4. The first-order valence-corrected chi connectivity index (χ1v) is 6.74. The molecule has 0 aromatic carbocycles. The van der Waals surface area contributed by atoms with Crippen LogP contribution in [0.15, 0.2) is 18.6 Å². The van der Waals surface area contributed by atoms with Crippen molar-refractivity contribution in [3.05, 3.63) is 18.6 Å². The monoisotopic (exact) mass is 436 g/mol. The normalized spacial score (nSPS) is 17.0. The Bertz CT molecular complexity index is 450. The zero-order chi connectivity index (χ0) is 11.7. The van der Waals surface area contributed by atoms with Gasteiger partial charge in [0.15, 0.2) is 0 Å². The van der Waals surface area contributed by atoms with E-state index in [9.17, 15) is 9.59 Å². The number of carboxylic acid groups (broad SMARTS) is 2. The molecule has 15 heavy (non-hydrogen) atoms. The van der Waals surface area contributed by atoms with E-state index in [4.69, 9.17) is 21.7 Å². The molecule has 1 aliphatic rings. The zero-order valence-electron chi connectivity index (χ0n) is 7.12. The summed E-state index contributed by atoms with van der Waals surface area (Å²) in [5, 5.41) is 17.7.